The molecule has 0 bridgehead atoms. The van der Waals surface area contributed by atoms with Gasteiger partial charge >= 0.3 is 5.97 Å². The van der Waals surface area contributed by atoms with Gasteiger partial charge in [0.1, 0.15) is 12.3 Å². The number of amides is 3. The van der Waals surface area contributed by atoms with Crippen LogP contribution in [0, 0.1) is 0 Å². The minimum Gasteiger partial charge on any atom is -0.496 e. The van der Waals surface area contributed by atoms with Crippen LogP contribution in [0.5, 0.6) is 5.75 Å². The maximum Gasteiger partial charge on any atom is 0.339 e. The van der Waals surface area contributed by atoms with Gasteiger partial charge in [0.25, 0.3) is 11.1 Å². The molecule has 3 rings (SSSR count). The molecule has 1 heterocycles. The number of nitrogens with zero attached hydrogens (tertiary/aromatic N) is 1. The van der Waals surface area contributed by atoms with Crippen molar-refractivity contribution in [3.8, 4) is 5.75 Å². The third-order valence-electron chi connectivity index (χ3n) is 4.56. The number of thioether (sulfide) groups is 1. The van der Waals surface area contributed by atoms with Gasteiger partial charge in [0.15, 0.2) is 0 Å². The lowest BCUT2D eigenvalue weighted by Gasteiger charge is -2.13. The Morgan fingerprint density at radius 3 is 2.68 bits per heavy atom. The van der Waals surface area contributed by atoms with Crippen molar-refractivity contribution in [2.24, 2.45) is 0 Å². The van der Waals surface area contributed by atoms with Crippen LogP contribution < -0.4 is 10.1 Å². The van der Waals surface area contributed by atoms with Gasteiger partial charge in [-0.1, -0.05) is 34.5 Å². The normalized spacial score (nSPS) is 14.5. The van der Waals surface area contributed by atoms with E-state index in [4.69, 9.17) is 21.1 Å². The molecule has 1 N–H and O–H groups in total. The second-order valence-electron chi connectivity index (χ2n) is 7.03. The SMILES string of the molecule is CCCOC(=O)c1cc(NC(=O)CN2C(=O)S/C(=C/c3cc(Br)ccc3OC)C2=O)ccc1Cl. The van der Waals surface area contributed by atoms with Crippen molar-refractivity contribution in [3.05, 3.63) is 61.9 Å². The van der Waals surface area contributed by atoms with E-state index in [-0.39, 0.29) is 27.8 Å². The topological polar surface area (TPSA) is 102 Å². The minimum atomic E-state index is -0.612. The predicted octanol–water partition coefficient (Wildman–Crippen LogP) is 5.35. The van der Waals surface area contributed by atoms with Crippen LogP contribution in [0.2, 0.25) is 5.02 Å². The summed E-state index contributed by atoms with van der Waals surface area (Å²) in [5, 5.41) is 2.18. The Bertz CT molecular complexity index is 1190. The van der Waals surface area contributed by atoms with E-state index in [0.717, 1.165) is 21.1 Å². The van der Waals surface area contributed by atoms with Crippen LogP contribution in [0.25, 0.3) is 6.08 Å². The van der Waals surface area contributed by atoms with E-state index < -0.39 is 29.6 Å². The van der Waals surface area contributed by atoms with E-state index >= 15 is 0 Å². The number of rotatable bonds is 8. The number of anilines is 1. The van der Waals surface area contributed by atoms with Crippen LogP contribution >= 0.6 is 39.3 Å². The molecule has 1 aliphatic heterocycles. The highest BCUT2D eigenvalue weighted by Crippen LogP contribution is 2.34. The molecule has 0 aliphatic carbocycles. The standard InChI is InChI=1S/C23H20BrClN2O6S/c1-3-8-33-22(30)16-11-15(5-6-17(16)25)26-20(28)12-27-21(29)19(34-23(27)31)10-13-9-14(24)4-7-18(13)32-2/h4-7,9-11H,3,8,12H2,1-2H3,(H,26,28)/b19-10+. The van der Waals surface area contributed by atoms with E-state index in [1.807, 2.05) is 6.92 Å². The molecule has 1 aliphatic rings. The quantitative estimate of drug-likeness (QED) is 0.339. The zero-order chi connectivity index (χ0) is 24.8. The van der Waals surface area contributed by atoms with Crippen molar-refractivity contribution < 1.29 is 28.7 Å². The largest absolute Gasteiger partial charge is 0.496 e. The number of halogens is 2. The third kappa shape index (κ3) is 6.19. The van der Waals surface area contributed by atoms with Crippen LogP contribution in [-0.2, 0) is 14.3 Å². The average molecular weight is 568 g/mol. The van der Waals surface area contributed by atoms with Gasteiger partial charge in [-0.2, -0.15) is 0 Å². The lowest BCUT2D eigenvalue weighted by molar-refractivity contribution is -0.127. The minimum absolute atomic E-state index is 0.102. The van der Waals surface area contributed by atoms with Crippen molar-refractivity contribution in [2.45, 2.75) is 13.3 Å². The van der Waals surface area contributed by atoms with Crippen LogP contribution in [0.4, 0.5) is 10.5 Å². The summed E-state index contributed by atoms with van der Waals surface area (Å²) in [6.45, 7) is 1.61. The molecule has 11 heteroatoms. The third-order valence-corrected chi connectivity index (χ3v) is 6.29. The molecule has 0 atom stereocenters. The fraction of sp³-hybridized carbons (Fsp3) is 0.217. The number of carbonyl (C=O) groups is 4. The van der Waals surface area contributed by atoms with Gasteiger partial charge in [0, 0.05) is 15.7 Å². The number of carbonyl (C=O) groups excluding carboxylic acids is 4. The predicted molar refractivity (Wildman–Crippen MR) is 134 cm³/mol. The van der Waals surface area contributed by atoms with E-state index in [1.54, 1.807) is 24.3 Å². The first-order valence-electron chi connectivity index (χ1n) is 10.1. The number of esters is 1. The average Bonchev–Trinajstić information content (AvgIpc) is 3.06. The molecule has 0 saturated carbocycles. The molecular formula is C23H20BrClN2O6S. The van der Waals surface area contributed by atoms with E-state index in [9.17, 15) is 19.2 Å². The van der Waals surface area contributed by atoms with Crippen LogP contribution in [0.3, 0.4) is 0 Å². The van der Waals surface area contributed by atoms with E-state index in [1.165, 1.54) is 25.3 Å². The molecule has 0 spiro atoms. The molecule has 34 heavy (non-hydrogen) atoms. The number of ether oxygens (including phenoxy) is 2. The second-order valence-corrected chi connectivity index (χ2v) is 9.35. The van der Waals surface area contributed by atoms with Crippen molar-refractivity contribution in [3.63, 3.8) is 0 Å². The molecule has 0 aromatic heterocycles. The summed E-state index contributed by atoms with van der Waals surface area (Å²) in [5.74, 6) is -1.28. The molecule has 1 fully saturated rings. The van der Waals surface area contributed by atoms with Gasteiger partial charge in [0.2, 0.25) is 5.91 Å². The lowest BCUT2D eigenvalue weighted by atomic mass is 10.2. The molecule has 2 aromatic rings. The Kier molecular flexibility index (Phi) is 8.76. The first-order chi connectivity index (χ1) is 16.2. The monoisotopic (exact) mass is 566 g/mol. The summed E-state index contributed by atoms with van der Waals surface area (Å²) in [5.41, 5.74) is 0.986. The van der Waals surface area contributed by atoms with Crippen LogP contribution in [0.15, 0.2) is 45.8 Å². The summed E-state index contributed by atoms with van der Waals surface area (Å²) in [7, 11) is 1.50. The van der Waals surface area contributed by atoms with Gasteiger partial charge in [-0.3, -0.25) is 19.3 Å². The van der Waals surface area contributed by atoms with E-state index in [2.05, 4.69) is 21.2 Å². The fourth-order valence-electron chi connectivity index (χ4n) is 2.97. The molecular weight excluding hydrogens is 548 g/mol. The molecule has 3 amide bonds. The van der Waals surface area contributed by atoms with Gasteiger partial charge in [0.05, 0.1) is 29.2 Å². The molecule has 8 nitrogen and oxygen atoms in total. The summed E-state index contributed by atoms with van der Waals surface area (Å²) in [4.78, 5) is 50.9. The zero-order valence-corrected chi connectivity index (χ0v) is 21.4. The Morgan fingerprint density at radius 2 is 1.97 bits per heavy atom. The summed E-state index contributed by atoms with van der Waals surface area (Å²) in [6.07, 6.45) is 2.19. The van der Waals surface area contributed by atoms with Crippen molar-refractivity contribution in [1.29, 1.82) is 0 Å². The first kappa shape index (κ1) is 25.8. The molecule has 0 unspecified atom stereocenters. The molecule has 2 aromatic carbocycles. The summed E-state index contributed by atoms with van der Waals surface area (Å²) >= 11 is 10.2. The Hall–Kier alpha value is -2.82. The van der Waals surface area contributed by atoms with Crippen LogP contribution in [0.1, 0.15) is 29.3 Å². The Morgan fingerprint density at radius 1 is 1.21 bits per heavy atom. The number of benzene rings is 2. The lowest BCUT2D eigenvalue weighted by Crippen LogP contribution is -2.36. The zero-order valence-electron chi connectivity index (χ0n) is 18.2. The first-order valence-corrected chi connectivity index (χ1v) is 12.1. The maximum absolute atomic E-state index is 12.8. The maximum atomic E-state index is 12.8. The number of nitrogens with one attached hydrogen (secondary N) is 1. The van der Waals surface area contributed by atoms with Crippen molar-refractivity contribution in [1.82, 2.24) is 4.90 Å². The fourth-order valence-corrected chi connectivity index (χ4v) is 4.37. The number of hydrogen-bond acceptors (Lipinski definition) is 7. The van der Waals surface area contributed by atoms with Gasteiger partial charge < -0.3 is 14.8 Å². The summed E-state index contributed by atoms with van der Waals surface area (Å²) in [6, 6.07) is 9.61. The van der Waals surface area contributed by atoms with E-state index in [0.29, 0.717) is 17.7 Å². The highest BCUT2D eigenvalue weighted by atomic mass is 79.9. The smallest absolute Gasteiger partial charge is 0.339 e. The van der Waals surface area contributed by atoms with Gasteiger partial charge in [-0.05, 0) is 60.7 Å². The van der Waals surface area contributed by atoms with Gasteiger partial charge in [-0.25, -0.2) is 4.79 Å². The number of imide groups is 1. The highest BCUT2D eigenvalue weighted by molar-refractivity contribution is 9.10. The Labute approximate surface area is 213 Å². The van der Waals surface area contributed by atoms with Gasteiger partial charge in [-0.15, -0.1) is 0 Å². The number of hydrogen-bond donors (Lipinski definition) is 1. The summed E-state index contributed by atoms with van der Waals surface area (Å²) < 4.78 is 11.2. The van der Waals surface area contributed by atoms with Crippen molar-refractivity contribution >= 4 is 74.1 Å². The Balaban J connectivity index is 1.71. The second kappa shape index (κ2) is 11.5. The van der Waals surface area contributed by atoms with Crippen molar-refractivity contribution in [2.75, 3.05) is 25.6 Å². The molecule has 178 valence electrons. The molecule has 1 saturated heterocycles. The number of methoxy groups -OCH3 is 1. The molecule has 0 radical (unpaired) electrons. The van der Waals surface area contributed by atoms with Crippen LogP contribution in [-0.4, -0.2) is 48.2 Å². The highest BCUT2D eigenvalue weighted by Gasteiger charge is 2.36.